The molecule has 12 heteroatoms. The number of rotatable bonds is 13. The van der Waals surface area contributed by atoms with Crippen molar-refractivity contribution in [2.24, 2.45) is 0 Å². The van der Waals surface area contributed by atoms with Crippen LogP contribution in [0, 0.1) is 11.6 Å². The minimum Gasteiger partial charge on any atom is -0.302 e. The Hall–Kier alpha value is -2.18. The highest BCUT2D eigenvalue weighted by Gasteiger charge is 2.26. The van der Waals surface area contributed by atoms with E-state index in [1.807, 2.05) is 20.8 Å². The van der Waals surface area contributed by atoms with Crippen molar-refractivity contribution in [1.29, 1.82) is 0 Å². The van der Waals surface area contributed by atoms with Crippen LogP contribution in [-0.4, -0.2) is 67.8 Å². The summed E-state index contributed by atoms with van der Waals surface area (Å²) in [4.78, 5) is 21.6. The van der Waals surface area contributed by atoms with Gasteiger partial charge in [-0.05, 0) is 49.8 Å². The summed E-state index contributed by atoms with van der Waals surface area (Å²) in [6, 6.07) is 7.82. The Labute approximate surface area is 233 Å². The molecule has 1 aromatic heterocycles. The molecule has 2 aromatic carbocycles. The number of amides is 1. The number of thiazole rings is 1. The number of aromatic nitrogens is 1. The summed E-state index contributed by atoms with van der Waals surface area (Å²) in [5.41, 5.74) is 0.288. The molecule has 0 spiro atoms. The Morgan fingerprint density at radius 3 is 2.18 bits per heavy atom. The van der Waals surface area contributed by atoms with Gasteiger partial charge in [-0.2, -0.15) is 4.31 Å². The lowest BCUT2D eigenvalue weighted by molar-refractivity contribution is 0.0983. The smallest absolute Gasteiger partial charge is 0.260 e. The third-order valence-corrected chi connectivity index (χ3v) is 9.28. The number of anilines is 1. The second-order valence-electron chi connectivity index (χ2n) is 8.59. The number of sulfonamides is 1. The molecule has 0 saturated carbocycles. The van der Waals surface area contributed by atoms with E-state index in [4.69, 9.17) is 0 Å². The number of carbonyl (C=O) groups is 1. The SMILES string of the molecule is CCCCN(CC)S(=O)(=O)c1ccc(C(=O)N(CCN(CC)CC)c2nc3c(F)cc(F)cc3s2)cc1.Cl. The predicted octanol–water partition coefficient (Wildman–Crippen LogP) is 5.80. The number of unbranched alkanes of at least 4 members (excludes halogenated alkanes) is 1. The van der Waals surface area contributed by atoms with Crippen molar-refractivity contribution >= 4 is 55.0 Å². The maximum absolute atomic E-state index is 14.3. The number of fused-ring (bicyclic) bond motifs is 1. The summed E-state index contributed by atoms with van der Waals surface area (Å²) < 4.78 is 55.9. The minimum atomic E-state index is -3.68. The molecule has 0 saturated heterocycles. The standard InChI is InChI=1S/C26H34F2N4O3S2.ClH/c1-5-9-14-31(8-4)37(34,35)21-12-10-19(11-13-21)25(33)32(16-15-30(6-2)7-3)26-29-24-22(28)17-20(27)18-23(24)36-26;/h10-13,17-18H,5-9,14-16H2,1-4H3;1H. The number of benzene rings is 2. The predicted molar refractivity (Wildman–Crippen MR) is 152 cm³/mol. The molecule has 0 aliphatic carbocycles. The van der Waals surface area contributed by atoms with E-state index < -0.39 is 27.6 Å². The molecule has 0 atom stereocenters. The van der Waals surface area contributed by atoms with Gasteiger partial charge in [-0.15, -0.1) is 12.4 Å². The fourth-order valence-corrected chi connectivity index (χ4v) is 6.50. The fourth-order valence-electron chi connectivity index (χ4n) is 3.98. The molecule has 0 aliphatic heterocycles. The van der Waals surface area contributed by atoms with Crippen LogP contribution in [0.4, 0.5) is 13.9 Å². The lowest BCUT2D eigenvalue weighted by atomic mass is 10.2. The molecule has 1 amide bonds. The third-order valence-electron chi connectivity index (χ3n) is 6.27. The Balaban J connectivity index is 0.00000507. The molecule has 3 aromatic rings. The van der Waals surface area contributed by atoms with Gasteiger partial charge in [-0.1, -0.05) is 45.5 Å². The molecule has 7 nitrogen and oxygen atoms in total. The Morgan fingerprint density at radius 1 is 0.947 bits per heavy atom. The third kappa shape index (κ3) is 7.26. The number of nitrogens with zero attached hydrogens (tertiary/aromatic N) is 4. The summed E-state index contributed by atoms with van der Waals surface area (Å²) >= 11 is 1.04. The van der Waals surface area contributed by atoms with Gasteiger partial charge < -0.3 is 4.90 Å². The number of hydrogen-bond acceptors (Lipinski definition) is 6. The molecule has 1 heterocycles. The minimum absolute atomic E-state index is 0. The van der Waals surface area contributed by atoms with Crippen LogP contribution < -0.4 is 4.90 Å². The second-order valence-corrected chi connectivity index (χ2v) is 11.5. The zero-order valence-corrected chi connectivity index (χ0v) is 24.6. The highest BCUT2D eigenvalue weighted by Crippen LogP contribution is 2.32. The quantitative estimate of drug-likeness (QED) is 0.252. The number of likely N-dealkylation sites (N-methyl/N-ethyl adjacent to an activating group) is 1. The molecule has 0 bridgehead atoms. The first-order valence-corrected chi connectivity index (χ1v) is 14.8. The molecular weight excluding hydrogens is 554 g/mol. The van der Waals surface area contributed by atoms with E-state index in [1.54, 1.807) is 6.92 Å². The van der Waals surface area contributed by atoms with Crippen molar-refractivity contribution < 1.29 is 22.0 Å². The van der Waals surface area contributed by atoms with E-state index in [0.717, 1.165) is 43.3 Å². The monoisotopic (exact) mass is 588 g/mol. The largest absolute Gasteiger partial charge is 0.302 e. The van der Waals surface area contributed by atoms with Gasteiger partial charge in [0.15, 0.2) is 10.9 Å². The Kier molecular flexibility index (Phi) is 12.0. The highest BCUT2D eigenvalue weighted by molar-refractivity contribution is 7.89. The van der Waals surface area contributed by atoms with Crippen LogP contribution in [0.15, 0.2) is 41.3 Å². The lowest BCUT2D eigenvalue weighted by Gasteiger charge is -2.25. The van der Waals surface area contributed by atoms with E-state index in [0.29, 0.717) is 24.3 Å². The summed E-state index contributed by atoms with van der Waals surface area (Å²) in [5, 5.41) is 0.255. The second kappa shape index (κ2) is 14.3. The molecule has 0 N–H and O–H groups in total. The Morgan fingerprint density at radius 2 is 1.61 bits per heavy atom. The van der Waals surface area contributed by atoms with Gasteiger partial charge in [0.1, 0.15) is 11.3 Å². The van der Waals surface area contributed by atoms with Gasteiger partial charge in [0.25, 0.3) is 5.91 Å². The normalized spacial score (nSPS) is 11.8. The van der Waals surface area contributed by atoms with Crippen LogP contribution in [-0.2, 0) is 10.0 Å². The van der Waals surface area contributed by atoms with E-state index in [9.17, 15) is 22.0 Å². The summed E-state index contributed by atoms with van der Waals surface area (Å²) in [6.45, 7) is 11.0. The topological polar surface area (TPSA) is 73.8 Å². The Bertz CT molecular complexity index is 1320. The average molecular weight is 589 g/mol. The zero-order chi connectivity index (χ0) is 27.2. The maximum Gasteiger partial charge on any atom is 0.260 e. The van der Waals surface area contributed by atoms with Crippen LogP contribution >= 0.6 is 23.7 Å². The first-order chi connectivity index (χ1) is 17.7. The summed E-state index contributed by atoms with van der Waals surface area (Å²) in [5.74, 6) is -1.89. The number of carbonyl (C=O) groups excluding carboxylic acids is 1. The summed E-state index contributed by atoms with van der Waals surface area (Å²) in [6.07, 6.45) is 1.64. The van der Waals surface area contributed by atoms with Gasteiger partial charge in [0.2, 0.25) is 10.0 Å². The van der Waals surface area contributed by atoms with Crippen molar-refractivity contribution in [2.75, 3.05) is 44.2 Å². The van der Waals surface area contributed by atoms with Gasteiger partial charge in [-0.3, -0.25) is 9.69 Å². The molecule has 38 heavy (non-hydrogen) atoms. The molecule has 3 rings (SSSR count). The fraction of sp³-hybridized carbons (Fsp3) is 0.462. The van der Waals surface area contributed by atoms with E-state index in [-0.39, 0.29) is 40.1 Å². The van der Waals surface area contributed by atoms with Crippen LogP contribution in [0.2, 0.25) is 0 Å². The van der Waals surface area contributed by atoms with Gasteiger partial charge >= 0.3 is 0 Å². The zero-order valence-electron chi connectivity index (χ0n) is 22.1. The van der Waals surface area contributed by atoms with Gasteiger partial charge in [-0.25, -0.2) is 22.2 Å². The van der Waals surface area contributed by atoms with Crippen molar-refractivity contribution in [3.8, 4) is 0 Å². The van der Waals surface area contributed by atoms with E-state index in [1.165, 1.54) is 39.5 Å². The first-order valence-electron chi connectivity index (χ1n) is 12.6. The van der Waals surface area contributed by atoms with E-state index >= 15 is 0 Å². The van der Waals surface area contributed by atoms with Crippen molar-refractivity contribution in [3.05, 3.63) is 53.6 Å². The van der Waals surface area contributed by atoms with Gasteiger partial charge in [0, 0.05) is 37.8 Å². The van der Waals surface area contributed by atoms with Crippen LogP contribution in [0.3, 0.4) is 0 Å². The van der Waals surface area contributed by atoms with Crippen LogP contribution in [0.5, 0.6) is 0 Å². The van der Waals surface area contributed by atoms with E-state index in [2.05, 4.69) is 9.88 Å². The summed E-state index contributed by atoms with van der Waals surface area (Å²) in [7, 11) is -3.68. The molecule has 0 unspecified atom stereocenters. The molecule has 0 aliphatic rings. The highest BCUT2D eigenvalue weighted by atomic mass is 35.5. The lowest BCUT2D eigenvalue weighted by Crippen LogP contribution is -2.39. The number of halogens is 3. The first kappa shape index (κ1) is 32.0. The van der Waals surface area contributed by atoms with Crippen LogP contribution in [0.25, 0.3) is 10.2 Å². The maximum atomic E-state index is 14.3. The van der Waals surface area contributed by atoms with Crippen molar-refractivity contribution in [3.63, 3.8) is 0 Å². The average Bonchev–Trinajstić information content (AvgIpc) is 3.31. The van der Waals surface area contributed by atoms with Crippen molar-refractivity contribution in [2.45, 2.75) is 45.4 Å². The van der Waals surface area contributed by atoms with Crippen molar-refractivity contribution in [1.82, 2.24) is 14.2 Å². The molecular formula is C26H35ClF2N4O3S2. The van der Waals surface area contributed by atoms with Gasteiger partial charge in [0.05, 0.1) is 9.60 Å². The van der Waals surface area contributed by atoms with Crippen LogP contribution in [0.1, 0.15) is 50.9 Å². The molecule has 0 radical (unpaired) electrons. The molecule has 210 valence electrons. The molecule has 0 fully saturated rings. The number of hydrogen-bond donors (Lipinski definition) is 0.